The van der Waals surface area contributed by atoms with E-state index >= 15 is 0 Å². The van der Waals surface area contributed by atoms with Crippen molar-refractivity contribution in [2.24, 2.45) is 5.73 Å². The monoisotopic (exact) mass is 216 g/mol. The van der Waals surface area contributed by atoms with Gasteiger partial charge < -0.3 is 15.8 Å². The van der Waals surface area contributed by atoms with Crippen molar-refractivity contribution in [2.75, 3.05) is 0 Å². The number of rotatable bonds is 2. The van der Waals surface area contributed by atoms with Crippen LogP contribution in [0.1, 0.15) is 5.56 Å². The molecular weight excluding hydrogens is 204 g/mol. The zero-order valence-electron chi connectivity index (χ0n) is 8.60. The van der Waals surface area contributed by atoms with Gasteiger partial charge in [0.1, 0.15) is 5.75 Å². The van der Waals surface area contributed by atoms with Crippen LogP contribution in [0.25, 0.3) is 11.1 Å². The molecule has 2 rings (SSSR count). The number of nitrogens with two attached hydrogens (primary N) is 1. The van der Waals surface area contributed by atoms with Gasteiger partial charge in [0.15, 0.2) is 0 Å². The lowest BCUT2D eigenvalue weighted by molar-refractivity contribution is 0.477. The van der Waals surface area contributed by atoms with Crippen molar-refractivity contribution in [1.29, 1.82) is 0 Å². The molecule has 4 N–H and O–H groups in total. The number of hydrogen-bond acceptors (Lipinski definition) is 3. The van der Waals surface area contributed by atoms with E-state index in [0.29, 0.717) is 16.7 Å². The Hall–Kier alpha value is -2.07. The van der Waals surface area contributed by atoms with Crippen LogP contribution in [0.3, 0.4) is 0 Å². The molecule has 0 unspecified atom stereocenters. The predicted octanol–water partition coefficient (Wildman–Crippen LogP) is 1.21. The lowest BCUT2D eigenvalue weighted by atomic mass is 10.0. The molecule has 2 aromatic rings. The fourth-order valence-corrected chi connectivity index (χ4v) is 1.67. The summed E-state index contributed by atoms with van der Waals surface area (Å²) in [7, 11) is 0. The molecule has 0 bridgehead atoms. The first-order valence-electron chi connectivity index (χ1n) is 4.93. The molecule has 0 saturated carbocycles. The highest BCUT2D eigenvalue weighted by Crippen LogP contribution is 2.29. The predicted molar refractivity (Wildman–Crippen MR) is 62.1 cm³/mol. The average molecular weight is 216 g/mol. The fourth-order valence-electron chi connectivity index (χ4n) is 1.67. The summed E-state index contributed by atoms with van der Waals surface area (Å²) in [6.07, 6.45) is 1.54. The molecule has 0 aliphatic rings. The first-order valence-corrected chi connectivity index (χ1v) is 4.93. The van der Waals surface area contributed by atoms with Gasteiger partial charge in [-0.25, -0.2) is 0 Å². The van der Waals surface area contributed by atoms with Crippen molar-refractivity contribution in [2.45, 2.75) is 6.54 Å². The van der Waals surface area contributed by atoms with E-state index in [9.17, 15) is 9.90 Å². The van der Waals surface area contributed by atoms with Crippen molar-refractivity contribution < 1.29 is 5.11 Å². The average Bonchev–Trinajstić information content (AvgIpc) is 2.29. The van der Waals surface area contributed by atoms with Gasteiger partial charge in [0.2, 0.25) is 0 Å². The highest BCUT2D eigenvalue weighted by atomic mass is 16.3. The standard InChI is InChI=1S/C12H12N2O2/c13-7-10-8(5-6-14-12(10)16)9-3-1-2-4-11(9)15/h1-6,15H,7,13H2,(H,14,16). The second kappa shape index (κ2) is 4.20. The van der Waals surface area contributed by atoms with Crippen molar-refractivity contribution in [1.82, 2.24) is 4.98 Å². The molecule has 0 atom stereocenters. The Balaban J connectivity index is 2.70. The molecule has 4 heteroatoms. The number of H-pyrrole nitrogens is 1. The van der Waals surface area contributed by atoms with Crippen molar-refractivity contribution >= 4 is 0 Å². The minimum absolute atomic E-state index is 0.139. The van der Waals surface area contributed by atoms with Gasteiger partial charge >= 0.3 is 0 Å². The van der Waals surface area contributed by atoms with Crippen molar-refractivity contribution in [3.05, 3.63) is 52.4 Å². The molecule has 0 aliphatic heterocycles. The lowest BCUT2D eigenvalue weighted by Crippen LogP contribution is -2.16. The molecule has 82 valence electrons. The van der Waals surface area contributed by atoms with Gasteiger partial charge in [0, 0.05) is 23.9 Å². The van der Waals surface area contributed by atoms with Crippen molar-refractivity contribution in [3.63, 3.8) is 0 Å². The Labute approximate surface area is 92.4 Å². The molecule has 0 radical (unpaired) electrons. The second-order valence-electron chi connectivity index (χ2n) is 3.42. The Morgan fingerprint density at radius 3 is 2.62 bits per heavy atom. The van der Waals surface area contributed by atoms with Crippen molar-refractivity contribution in [3.8, 4) is 16.9 Å². The summed E-state index contributed by atoms with van der Waals surface area (Å²) in [5.74, 6) is 0.141. The number of pyridine rings is 1. The van der Waals surface area contributed by atoms with Crippen LogP contribution in [0.4, 0.5) is 0 Å². The highest BCUT2D eigenvalue weighted by molar-refractivity contribution is 5.72. The summed E-state index contributed by atoms with van der Waals surface area (Å²) in [5.41, 5.74) is 7.08. The van der Waals surface area contributed by atoms with E-state index in [0.717, 1.165) is 0 Å². The van der Waals surface area contributed by atoms with Crippen LogP contribution in [0.2, 0.25) is 0 Å². The Kier molecular flexibility index (Phi) is 2.74. The SMILES string of the molecule is NCc1c(-c2ccccc2O)cc[nH]c1=O. The Morgan fingerprint density at radius 1 is 1.19 bits per heavy atom. The third-order valence-corrected chi connectivity index (χ3v) is 2.46. The van der Waals surface area contributed by atoms with Crippen LogP contribution < -0.4 is 11.3 Å². The maximum atomic E-state index is 11.5. The Morgan fingerprint density at radius 2 is 1.94 bits per heavy atom. The highest BCUT2D eigenvalue weighted by Gasteiger charge is 2.10. The lowest BCUT2D eigenvalue weighted by Gasteiger charge is -2.08. The van der Waals surface area contributed by atoms with Gasteiger partial charge in [-0.3, -0.25) is 4.79 Å². The van der Waals surface area contributed by atoms with Crippen LogP contribution in [-0.4, -0.2) is 10.1 Å². The second-order valence-corrected chi connectivity index (χ2v) is 3.42. The van der Waals surface area contributed by atoms with Gasteiger partial charge in [-0.2, -0.15) is 0 Å². The van der Waals surface area contributed by atoms with Crippen LogP contribution in [-0.2, 0) is 6.54 Å². The maximum absolute atomic E-state index is 11.5. The summed E-state index contributed by atoms with van der Waals surface area (Å²) in [5, 5.41) is 9.72. The molecule has 16 heavy (non-hydrogen) atoms. The number of phenolic OH excluding ortho intramolecular Hbond substituents is 1. The zero-order chi connectivity index (χ0) is 11.5. The first kappa shape index (κ1) is 10.4. The number of aromatic hydroxyl groups is 1. The van der Waals surface area contributed by atoms with E-state index in [2.05, 4.69) is 4.98 Å². The number of benzene rings is 1. The summed E-state index contributed by atoms with van der Waals surface area (Å²) in [4.78, 5) is 14.1. The van der Waals surface area contributed by atoms with E-state index < -0.39 is 0 Å². The van der Waals surface area contributed by atoms with Crippen LogP contribution in [0.5, 0.6) is 5.75 Å². The van der Waals surface area contributed by atoms with Crippen LogP contribution in [0.15, 0.2) is 41.3 Å². The smallest absolute Gasteiger partial charge is 0.253 e. The van der Waals surface area contributed by atoms with Gasteiger partial charge in [0.25, 0.3) is 5.56 Å². The molecule has 0 saturated heterocycles. The molecule has 4 nitrogen and oxygen atoms in total. The number of hydrogen-bond donors (Lipinski definition) is 3. The molecule has 0 aliphatic carbocycles. The molecule has 1 aromatic carbocycles. The quantitative estimate of drug-likeness (QED) is 0.705. The van der Waals surface area contributed by atoms with Gasteiger partial charge in [-0.15, -0.1) is 0 Å². The van der Waals surface area contributed by atoms with E-state index in [1.54, 1.807) is 36.5 Å². The van der Waals surface area contributed by atoms with Crippen LogP contribution in [0, 0.1) is 0 Å². The number of aromatic nitrogens is 1. The largest absolute Gasteiger partial charge is 0.507 e. The van der Waals surface area contributed by atoms with Gasteiger partial charge in [-0.1, -0.05) is 18.2 Å². The molecule has 0 amide bonds. The molecule has 0 spiro atoms. The van der Waals surface area contributed by atoms with Gasteiger partial charge in [-0.05, 0) is 17.7 Å². The minimum Gasteiger partial charge on any atom is -0.507 e. The summed E-state index contributed by atoms with van der Waals surface area (Å²) < 4.78 is 0. The molecule has 0 fully saturated rings. The number of nitrogens with one attached hydrogen (secondary N) is 1. The third kappa shape index (κ3) is 1.70. The number of phenols is 1. The minimum atomic E-state index is -0.219. The Bertz CT molecular complexity index is 561. The molecular formula is C12H12N2O2. The summed E-state index contributed by atoms with van der Waals surface area (Å²) in [6.45, 7) is 0.139. The maximum Gasteiger partial charge on any atom is 0.253 e. The fraction of sp³-hybridized carbons (Fsp3) is 0.0833. The molecule has 1 aromatic heterocycles. The number of aromatic amines is 1. The van der Waals surface area contributed by atoms with Gasteiger partial charge in [0.05, 0.1) is 0 Å². The van der Waals surface area contributed by atoms with E-state index in [-0.39, 0.29) is 17.9 Å². The van der Waals surface area contributed by atoms with E-state index in [4.69, 9.17) is 5.73 Å². The first-order chi connectivity index (χ1) is 7.74. The van der Waals surface area contributed by atoms with E-state index in [1.807, 2.05) is 0 Å². The van der Waals surface area contributed by atoms with E-state index in [1.165, 1.54) is 0 Å². The summed E-state index contributed by atoms with van der Waals surface area (Å²) in [6, 6.07) is 8.60. The normalized spacial score (nSPS) is 10.3. The summed E-state index contributed by atoms with van der Waals surface area (Å²) >= 11 is 0. The molecule has 1 heterocycles. The topological polar surface area (TPSA) is 79.1 Å². The van der Waals surface area contributed by atoms with Crippen LogP contribution >= 0.6 is 0 Å². The number of para-hydroxylation sites is 1. The third-order valence-electron chi connectivity index (χ3n) is 2.46. The zero-order valence-corrected chi connectivity index (χ0v) is 8.60.